The van der Waals surface area contributed by atoms with Crippen molar-refractivity contribution in [1.29, 1.82) is 0 Å². The van der Waals surface area contributed by atoms with E-state index in [4.69, 9.17) is 0 Å². The monoisotopic (exact) mass is 415 g/mol. The molecule has 0 bridgehead atoms. The van der Waals surface area contributed by atoms with Crippen LogP contribution in [0.4, 0.5) is 0 Å². The maximum absolute atomic E-state index is 12.8. The SMILES string of the molecule is CCCCc1ccc(C(=O)CCC(=O)N2CCNCC2c2cccnc2)cc1.Cl. The van der Waals surface area contributed by atoms with Crippen molar-refractivity contribution in [2.45, 2.75) is 45.1 Å². The molecule has 0 spiro atoms. The van der Waals surface area contributed by atoms with E-state index in [1.807, 2.05) is 47.5 Å². The van der Waals surface area contributed by atoms with Crippen molar-refractivity contribution >= 4 is 24.1 Å². The summed E-state index contributed by atoms with van der Waals surface area (Å²) in [5, 5.41) is 3.34. The lowest BCUT2D eigenvalue weighted by Gasteiger charge is -2.36. The summed E-state index contributed by atoms with van der Waals surface area (Å²) >= 11 is 0. The third-order valence-electron chi connectivity index (χ3n) is 5.29. The Morgan fingerprint density at radius 1 is 1.17 bits per heavy atom. The van der Waals surface area contributed by atoms with Crippen molar-refractivity contribution in [3.8, 4) is 0 Å². The zero-order valence-electron chi connectivity index (χ0n) is 17.0. The van der Waals surface area contributed by atoms with E-state index in [9.17, 15) is 9.59 Å². The summed E-state index contributed by atoms with van der Waals surface area (Å²) in [4.78, 5) is 31.4. The fourth-order valence-corrected chi connectivity index (χ4v) is 3.62. The number of carbonyl (C=O) groups is 2. The fraction of sp³-hybridized carbons (Fsp3) is 0.435. The molecule has 0 saturated carbocycles. The largest absolute Gasteiger partial charge is 0.333 e. The van der Waals surface area contributed by atoms with Gasteiger partial charge in [-0.1, -0.05) is 43.7 Å². The Kier molecular flexibility index (Phi) is 9.29. The molecule has 5 nitrogen and oxygen atoms in total. The van der Waals surface area contributed by atoms with E-state index in [1.165, 1.54) is 5.56 Å². The molecule has 3 rings (SSSR count). The van der Waals surface area contributed by atoms with Crippen LogP contribution in [0, 0.1) is 0 Å². The van der Waals surface area contributed by atoms with E-state index in [2.05, 4.69) is 17.2 Å². The number of nitrogens with zero attached hydrogens (tertiary/aromatic N) is 2. The third kappa shape index (κ3) is 6.38. The van der Waals surface area contributed by atoms with Crippen LogP contribution in [0.5, 0.6) is 0 Å². The van der Waals surface area contributed by atoms with Gasteiger partial charge < -0.3 is 10.2 Å². The van der Waals surface area contributed by atoms with Gasteiger partial charge in [0.2, 0.25) is 5.91 Å². The van der Waals surface area contributed by atoms with Crippen LogP contribution >= 0.6 is 12.4 Å². The average molecular weight is 416 g/mol. The number of benzene rings is 1. The van der Waals surface area contributed by atoms with Crippen LogP contribution in [0.25, 0.3) is 0 Å². The molecule has 0 aliphatic carbocycles. The van der Waals surface area contributed by atoms with Crippen LogP contribution < -0.4 is 5.32 Å². The number of ketones is 1. The van der Waals surface area contributed by atoms with Crippen LogP contribution in [0.1, 0.15) is 60.1 Å². The summed E-state index contributed by atoms with van der Waals surface area (Å²) < 4.78 is 0. The number of nitrogens with one attached hydrogen (secondary N) is 1. The molecule has 1 amide bonds. The minimum Gasteiger partial charge on any atom is -0.333 e. The zero-order chi connectivity index (χ0) is 19.8. The van der Waals surface area contributed by atoms with Crippen LogP contribution in [0.3, 0.4) is 0 Å². The molecule has 1 saturated heterocycles. The van der Waals surface area contributed by atoms with Crippen molar-refractivity contribution in [1.82, 2.24) is 15.2 Å². The highest BCUT2D eigenvalue weighted by atomic mass is 35.5. The quantitative estimate of drug-likeness (QED) is 0.662. The number of halogens is 1. The summed E-state index contributed by atoms with van der Waals surface area (Å²) in [6.45, 7) is 4.31. The Balaban J connectivity index is 0.00000300. The van der Waals surface area contributed by atoms with E-state index in [0.29, 0.717) is 18.7 Å². The van der Waals surface area contributed by atoms with Gasteiger partial charge in [-0.2, -0.15) is 0 Å². The van der Waals surface area contributed by atoms with Gasteiger partial charge in [0.25, 0.3) is 0 Å². The summed E-state index contributed by atoms with van der Waals surface area (Å²) in [7, 11) is 0. The smallest absolute Gasteiger partial charge is 0.223 e. The van der Waals surface area contributed by atoms with Gasteiger partial charge >= 0.3 is 0 Å². The minimum atomic E-state index is -0.0251. The molecule has 156 valence electrons. The Labute approximate surface area is 179 Å². The van der Waals surface area contributed by atoms with E-state index < -0.39 is 0 Å². The Morgan fingerprint density at radius 3 is 2.66 bits per heavy atom. The second-order valence-corrected chi connectivity index (χ2v) is 7.32. The third-order valence-corrected chi connectivity index (χ3v) is 5.29. The number of piperazine rings is 1. The van der Waals surface area contributed by atoms with Gasteiger partial charge in [0.1, 0.15) is 0 Å². The lowest BCUT2D eigenvalue weighted by molar-refractivity contribution is -0.134. The van der Waals surface area contributed by atoms with Crippen molar-refractivity contribution in [2.24, 2.45) is 0 Å². The van der Waals surface area contributed by atoms with Gasteiger partial charge in [-0.25, -0.2) is 0 Å². The molecule has 1 aromatic heterocycles. The van der Waals surface area contributed by atoms with Crippen LogP contribution in [-0.4, -0.2) is 41.2 Å². The van der Waals surface area contributed by atoms with Gasteiger partial charge in [-0.05, 0) is 30.0 Å². The molecule has 29 heavy (non-hydrogen) atoms. The van der Waals surface area contributed by atoms with Crippen molar-refractivity contribution in [2.75, 3.05) is 19.6 Å². The molecule has 1 atom stereocenters. The minimum absolute atomic E-state index is 0. The number of hydrogen-bond acceptors (Lipinski definition) is 4. The van der Waals surface area contributed by atoms with Crippen molar-refractivity contribution < 1.29 is 9.59 Å². The number of rotatable bonds is 8. The van der Waals surface area contributed by atoms with E-state index in [0.717, 1.165) is 31.4 Å². The molecular weight excluding hydrogens is 386 g/mol. The number of carbonyl (C=O) groups excluding carboxylic acids is 2. The number of Topliss-reactive ketones (excluding diaryl/α,β-unsaturated/α-hetero) is 1. The number of aryl methyl sites for hydroxylation is 1. The summed E-state index contributed by atoms with van der Waals surface area (Å²) in [6, 6.07) is 11.7. The number of hydrogen-bond donors (Lipinski definition) is 1. The topological polar surface area (TPSA) is 62.3 Å². The predicted molar refractivity (Wildman–Crippen MR) is 117 cm³/mol. The highest BCUT2D eigenvalue weighted by Gasteiger charge is 2.28. The van der Waals surface area contributed by atoms with Gasteiger partial charge in [-0.15, -0.1) is 12.4 Å². The highest BCUT2D eigenvalue weighted by molar-refractivity contribution is 5.98. The molecule has 1 aliphatic heterocycles. The Bertz CT molecular complexity index is 780. The first-order chi connectivity index (χ1) is 13.7. The van der Waals surface area contributed by atoms with E-state index >= 15 is 0 Å². The standard InChI is InChI=1S/C23H29N3O2.ClH/c1-2-3-5-18-7-9-19(10-8-18)22(27)11-12-23(28)26-15-14-25-17-21(26)20-6-4-13-24-16-20;/h4,6-10,13,16,21,25H,2-3,5,11-12,14-15,17H2,1H3;1H. The maximum atomic E-state index is 12.8. The van der Waals surface area contributed by atoms with E-state index in [1.54, 1.807) is 6.20 Å². The molecule has 2 heterocycles. The van der Waals surface area contributed by atoms with Crippen LogP contribution in [0.15, 0.2) is 48.8 Å². The normalized spacial score (nSPS) is 16.2. The van der Waals surface area contributed by atoms with Crippen LogP contribution in [-0.2, 0) is 11.2 Å². The highest BCUT2D eigenvalue weighted by Crippen LogP contribution is 2.23. The molecular formula is C23H30ClN3O2. The van der Waals surface area contributed by atoms with Gasteiger partial charge in [0.05, 0.1) is 6.04 Å². The van der Waals surface area contributed by atoms with Crippen molar-refractivity contribution in [3.05, 3.63) is 65.5 Å². The number of aromatic nitrogens is 1. The van der Waals surface area contributed by atoms with Gasteiger partial charge in [-0.3, -0.25) is 14.6 Å². The summed E-state index contributed by atoms with van der Waals surface area (Å²) in [5.41, 5.74) is 2.98. The summed E-state index contributed by atoms with van der Waals surface area (Å²) in [5.74, 6) is 0.0618. The number of pyridine rings is 1. The molecule has 1 aliphatic rings. The lowest BCUT2D eigenvalue weighted by Crippen LogP contribution is -2.48. The summed E-state index contributed by atoms with van der Waals surface area (Å²) in [6.07, 6.45) is 7.40. The Morgan fingerprint density at radius 2 is 1.97 bits per heavy atom. The second-order valence-electron chi connectivity index (χ2n) is 7.32. The van der Waals surface area contributed by atoms with Crippen molar-refractivity contribution in [3.63, 3.8) is 0 Å². The molecule has 1 fully saturated rings. The van der Waals surface area contributed by atoms with Gasteiger partial charge in [0, 0.05) is 50.4 Å². The molecule has 2 aromatic rings. The molecule has 0 radical (unpaired) electrons. The first-order valence-electron chi connectivity index (χ1n) is 10.2. The predicted octanol–water partition coefficient (Wildman–Crippen LogP) is 3.98. The molecule has 6 heteroatoms. The fourth-order valence-electron chi connectivity index (χ4n) is 3.62. The first-order valence-corrected chi connectivity index (χ1v) is 10.2. The van der Waals surface area contributed by atoms with Crippen LogP contribution in [0.2, 0.25) is 0 Å². The lowest BCUT2D eigenvalue weighted by atomic mass is 10.0. The first kappa shape index (κ1) is 23.0. The second kappa shape index (κ2) is 11.7. The maximum Gasteiger partial charge on any atom is 0.223 e. The Hall–Kier alpha value is -2.24. The van der Waals surface area contributed by atoms with E-state index in [-0.39, 0.29) is 43.0 Å². The molecule has 1 unspecified atom stereocenters. The number of unbranched alkanes of at least 4 members (excludes halogenated alkanes) is 1. The zero-order valence-corrected chi connectivity index (χ0v) is 17.8. The molecule has 1 N–H and O–H groups in total. The number of amides is 1. The molecule has 1 aromatic carbocycles. The average Bonchev–Trinajstić information content (AvgIpc) is 2.76. The van der Waals surface area contributed by atoms with Gasteiger partial charge in [0.15, 0.2) is 5.78 Å².